The molecule has 3 heterocycles. The zero-order valence-electron chi connectivity index (χ0n) is 21.3. The van der Waals surface area contributed by atoms with E-state index in [2.05, 4.69) is 48.4 Å². The van der Waals surface area contributed by atoms with Crippen molar-refractivity contribution in [2.45, 2.75) is 52.1 Å². The molecule has 0 unspecified atom stereocenters. The number of benzene rings is 2. The van der Waals surface area contributed by atoms with Gasteiger partial charge in [0.1, 0.15) is 12.4 Å². The second-order valence-corrected chi connectivity index (χ2v) is 10.6. The summed E-state index contributed by atoms with van der Waals surface area (Å²) in [6.45, 7) is 4.97. The van der Waals surface area contributed by atoms with E-state index in [9.17, 15) is 9.59 Å². The van der Waals surface area contributed by atoms with E-state index in [0.29, 0.717) is 13.2 Å². The second-order valence-electron chi connectivity index (χ2n) is 10.6. The van der Waals surface area contributed by atoms with Crippen molar-refractivity contribution in [3.05, 3.63) is 77.5 Å². The Bertz CT molecular complexity index is 1330. The van der Waals surface area contributed by atoms with E-state index in [1.807, 2.05) is 35.2 Å². The minimum absolute atomic E-state index is 0.0485. The van der Waals surface area contributed by atoms with E-state index in [1.165, 1.54) is 11.1 Å². The van der Waals surface area contributed by atoms with Crippen molar-refractivity contribution in [1.29, 1.82) is 0 Å². The van der Waals surface area contributed by atoms with E-state index in [0.717, 1.165) is 54.1 Å². The lowest BCUT2D eigenvalue weighted by atomic mass is 9.97. The van der Waals surface area contributed by atoms with Crippen LogP contribution in [0, 0.1) is 11.8 Å². The smallest absolute Gasteiger partial charge is 0.414 e. The molecule has 2 aliphatic heterocycles. The van der Waals surface area contributed by atoms with Crippen LogP contribution in [0.5, 0.6) is 0 Å². The summed E-state index contributed by atoms with van der Waals surface area (Å²) < 4.78 is 5.41. The maximum atomic E-state index is 14.2. The van der Waals surface area contributed by atoms with Crippen molar-refractivity contribution in [2.24, 2.45) is 11.8 Å². The first-order valence-electron chi connectivity index (χ1n) is 13.2. The predicted octanol–water partition coefficient (Wildman–Crippen LogP) is 5.85. The molecule has 0 spiro atoms. The van der Waals surface area contributed by atoms with Gasteiger partial charge in [-0.25, -0.2) is 9.78 Å². The maximum Gasteiger partial charge on any atom is 0.414 e. The molecule has 3 aromatic rings. The third kappa shape index (κ3) is 4.32. The molecule has 7 nitrogen and oxygen atoms in total. The summed E-state index contributed by atoms with van der Waals surface area (Å²) >= 11 is 0. The Balaban J connectivity index is 1.38. The molecule has 190 valence electrons. The van der Waals surface area contributed by atoms with Crippen LogP contribution in [0.1, 0.15) is 43.4 Å². The highest BCUT2D eigenvalue weighted by Gasteiger charge is 2.37. The molecule has 2 aromatic carbocycles. The third-order valence-corrected chi connectivity index (χ3v) is 7.96. The van der Waals surface area contributed by atoms with E-state index in [4.69, 9.17) is 4.74 Å². The van der Waals surface area contributed by atoms with Crippen LogP contribution >= 0.6 is 0 Å². The lowest BCUT2D eigenvalue weighted by Crippen LogP contribution is -2.38. The monoisotopic (exact) mass is 496 g/mol. The molecule has 2 amide bonds. The minimum Gasteiger partial charge on any atom is -0.447 e. The minimum atomic E-state index is -0.343. The molecule has 3 aliphatic rings. The summed E-state index contributed by atoms with van der Waals surface area (Å²) in [5.74, 6) is 1.03. The molecule has 7 heteroatoms. The highest BCUT2D eigenvalue weighted by atomic mass is 16.6. The molecular formula is C30H32N4O3. The Kier molecular flexibility index (Phi) is 6.07. The normalized spacial score (nSPS) is 19.3. The van der Waals surface area contributed by atoms with Crippen molar-refractivity contribution in [1.82, 2.24) is 4.98 Å². The van der Waals surface area contributed by atoms with Gasteiger partial charge in [-0.1, -0.05) is 44.2 Å². The molecule has 37 heavy (non-hydrogen) atoms. The number of ether oxygens (including phenoxy) is 1. The number of nitrogens with one attached hydrogen (secondary N) is 1. The SMILES string of the molecule is CC(C)[C@@H]1COC(=O)N1c1ccc2c(c1)N(C(=O)C1CCc3ccccc3CC1)Cc1cccnc1N2. The van der Waals surface area contributed by atoms with Gasteiger partial charge in [0.05, 0.1) is 24.0 Å². The quantitative estimate of drug-likeness (QED) is 0.461. The van der Waals surface area contributed by atoms with Crippen LogP contribution in [0.2, 0.25) is 0 Å². The van der Waals surface area contributed by atoms with Crippen molar-refractivity contribution in [3.8, 4) is 0 Å². The zero-order valence-corrected chi connectivity index (χ0v) is 21.3. The van der Waals surface area contributed by atoms with E-state index in [-0.39, 0.29) is 29.9 Å². The molecule has 1 atom stereocenters. The summed E-state index contributed by atoms with van der Waals surface area (Å²) in [6.07, 6.45) is 4.86. The number of rotatable bonds is 3. The van der Waals surface area contributed by atoms with Gasteiger partial charge in [0.25, 0.3) is 0 Å². The Labute approximate surface area is 217 Å². The number of carbonyl (C=O) groups is 2. The molecule has 0 radical (unpaired) electrons. The maximum absolute atomic E-state index is 14.2. The van der Waals surface area contributed by atoms with Gasteiger partial charge in [0.2, 0.25) is 5.91 Å². The highest BCUT2D eigenvalue weighted by molar-refractivity contribution is 6.01. The first kappa shape index (κ1) is 23.5. The fraction of sp³-hybridized carbons (Fsp3) is 0.367. The first-order chi connectivity index (χ1) is 18.0. The number of hydrogen-bond donors (Lipinski definition) is 1. The van der Waals surface area contributed by atoms with E-state index >= 15 is 0 Å². The van der Waals surface area contributed by atoms with Crippen LogP contribution in [0.3, 0.4) is 0 Å². The summed E-state index contributed by atoms with van der Waals surface area (Å²) in [4.78, 5) is 35.1. The molecule has 1 saturated heterocycles. The van der Waals surface area contributed by atoms with Crippen LogP contribution in [-0.4, -0.2) is 29.6 Å². The van der Waals surface area contributed by atoms with Gasteiger partial charge < -0.3 is 15.0 Å². The Morgan fingerprint density at radius 1 is 1.03 bits per heavy atom. The fourth-order valence-corrected chi connectivity index (χ4v) is 5.80. The number of nitrogens with zero attached hydrogens (tertiary/aromatic N) is 3. The van der Waals surface area contributed by atoms with Crippen LogP contribution in [-0.2, 0) is 28.9 Å². The van der Waals surface area contributed by atoms with Crippen LogP contribution in [0.25, 0.3) is 0 Å². The lowest BCUT2D eigenvalue weighted by molar-refractivity contribution is -0.122. The number of carbonyl (C=O) groups excluding carboxylic acids is 2. The largest absolute Gasteiger partial charge is 0.447 e. The second kappa shape index (κ2) is 9.54. The number of hydrogen-bond acceptors (Lipinski definition) is 5. The van der Waals surface area contributed by atoms with Crippen LogP contribution in [0.4, 0.5) is 27.7 Å². The third-order valence-electron chi connectivity index (χ3n) is 7.96. The summed E-state index contributed by atoms with van der Waals surface area (Å²) in [5.41, 5.74) is 5.97. The molecule has 0 saturated carbocycles. The number of cyclic esters (lactones) is 1. The van der Waals surface area contributed by atoms with Crippen molar-refractivity contribution in [3.63, 3.8) is 0 Å². The fourth-order valence-electron chi connectivity index (χ4n) is 5.80. The van der Waals surface area contributed by atoms with Crippen molar-refractivity contribution < 1.29 is 14.3 Å². The molecule has 1 aromatic heterocycles. The van der Waals surface area contributed by atoms with Crippen LogP contribution < -0.4 is 15.1 Å². The Morgan fingerprint density at radius 3 is 2.49 bits per heavy atom. The van der Waals surface area contributed by atoms with Gasteiger partial charge in [-0.3, -0.25) is 9.69 Å². The van der Waals surface area contributed by atoms with E-state index < -0.39 is 0 Å². The summed E-state index contributed by atoms with van der Waals surface area (Å²) in [6, 6.07) is 18.2. The van der Waals surface area contributed by atoms with Crippen molar-refractivity contribution >= 4 is 34.9 Å². The lowest BCUT2D eigenvalue weighted by Gasteiger charge is -2.29. The average Bonchev–Trinajstić information content (AvgIpc) is 3.08. The molecular weight excluding hydrogens is 464 g/mol. The highest BCUT2D eigenvalue weighted by Crippen LogP contribution is 2.40. The van der Waals surface area contributed by atoms with Crippen molar-refractivity contribution in [2.75, 3.05) is 21.7 Å². The zero-order chi connectivity index (χ0) is 25.5. The number of amides is 2. The van der Waals surface area contributed by atoms with Gasteiger partial charge in [-0.05, 0) is 67.0 Å². The standard InChI is InChI=1S/C30H32N4O3/c1-19(2)27-18-37-30(36)34(27)24-13-14-25-26(16-24)33(17-23-8-5-15-31-28(23)32-25)29(35)22-11-9-20-6-3-4-7-21(20)10-12-22/h3-8,13-16,19,22,27H,9-12,17-18H2,1-2H3,(H,31,32)/t27-/m0/s1. The molecule has 1 N–H and O–H groups in total. The first-order valence-corrected chi connectivity index (χ1v) is 13.2. The van der Waals surface area contributed by atoms with E-state index in [1.54, 1.807) is 11.1 Å². The topological polar surface area (TPSA) is 74.8 Å². The average molecular weight is 497 g/mol. The number of pyridine rings is 1. The van der Waals surface area contributed by atoms with Gasteiger partial charge >= 0.3 is 6.09 Å². The molecule has 1 fully saturated rings. The van der Waals surface area contributed by atoms with Gasteiger partial charge in [0.15, 0.2) is 0 Å². The van der Waals surface area contributed by atoms with Gasteiger partial charge in [-0.15, -0.1) is 0 Å². The Hall–Kier alpha value is -3.87. The molecule has 0 bridgehead atoms. The number of aryl methyl sites for hydroxylation is 2. The number of anilines is 4. The predicted molar refractivity (Wildman–Crippen MR) is 144 cm³/mol. The molecule has 1 aliphatic carbocycles. The van der Waals surface area contributed by atoms with Crippen LogP contribution in [0.15, 0.2) is 60.8 Å². The Morgan fingerprint density at radius 2 is 1.76 bits per heavy atom. The molecule has 6 rings (SSSR count). The summed E-state index contributed by atoms with van der Waals surface area (Å²) in [7, 11) is 0. The number of fused-ring (bicyclic) bond motifs is 3. The van der Waals surface area contributed by atoms with Gasteiger partial charge in [-0.2, -0.15) is 0 Å². The summed E-state index contributed by atoms with van der Waals surface area (Å²) in [5, 5.41) is 3.44. The van der Waals surface area contributed by atoms with Gasteiger partial charge in [0, 0.05) is 23.4 Å². The number of aromatic nitrogens is 1.